The summed E-state index contributed by atoms with van der Waals surface area (Å²) in [6.45, 7) is 0.894. The van der Waals surface area contributed by atoms with Crippen LogP contribution in [0.1, 0.15) is 48.5 Å². The highest BCUT2D eigenvalue weighted by atomic mass is 19.3. The van der Waals surface area contributed by atoms with Crippen LogP contribution in [-0.4, -0.2) is 51.9 Å². The fourth-order valence-electron chi connectivity index (χ4n) is 3.32. The maximum absolute atomic E-state index is 13.1. The predicted molar refractivity (Wildman–Crippen MR) is 111 cm³/mol. The van der Waals surface area contributed by atoms with Crippen LogP contribution in [0.2, 0.25) is 0 Å². The highest BCUT2D eigenvalue weighted by Gasteiger charge is 2.46. The third-order valence-corrected chi connectivity index (χ3v) is 5.47. The minimum Gasteiger partial charge on any atom is -0.396 e. The SMILES string of the molecule is C[C@@](O)(C(F)F)[C@H](NC(=O)c1ccc(C#CC#CC2CCC(CO)CC2)cc1)C(=O)NO. The van der Waals surface area contributed by atoms with Gasteiger partial charge >= 0.3 is 0 Å². The van der Waals surface area contributed by atoms with E-state index >= 15 is 0 Å². The van der Waals surface area contributed by atoms with E-state index in [2.05, 4.69) is 23.7 Å². The van der Waals surface area contributed by atoms with Crippen LogP contribution in [0.5, 0.6) is 0 Å². The Morgan fingerprint density at radius 2 is 1.78 bits per heavy atom. The van der Waals surface area contributed by atoms with Crippen molar-refractivity contribution < 1.29 is 33.8 Å². The molecule has 1 aromatic rings. The molecule has 1 saturated carbocycles. The standard InChI is InChI=1S/C23H26F2N2O5/c1-23(31,22(24)25)19(21(30)27-32)26-20(29)18-12-10-16(11-13-18)5-3-2-4-15-6-8-17(14-28)9-7-15/h10-13,15,17,19,22,28,31-32H,6-9,14H2,1H3,(H,26,29)(H,27,30)/t15?,17?,19-,23+/m1/s1. The Balaban J connectivity index is 2.00. The second kappa shape index (κ2) is 11.6. The highest BCUT2D eigenvalue weighted by Crippen LogP contribution is 2.27. The lowest BCUT2D eigenvalue weighted by Gasteiger charge is -2.30. The number of amides is 2. The van der Waals surface area contributed by atoms with E-state index in [1.807, 2.05) is 5.32 Å². The van der Waals surface area contributed by atoms with Crippen molar-refractivity contribution in [3.8, 4) is 23.7 Å². The number of alkyl halides is 2. The monoisotopic (exact) mass is 448 g/mol. The second-order valence-corrected chi connectivity index (χ2v) is 7.91. The Morgan fingerprint density at radius 1 is 1.16 bits per heavy atom. The van der Waals surface area contributed by atoms with Crippen molar-refractivity contribution in [3.63, 3.8) is 0 Å². The molecule has 0 bridgehead atoms. The number of carbonyl (C=O) groups excluding carboxylic acids is 2. The lowest BCUT2D eigenvalue weighted by Crippen LogP contribution is -2.61. The third kappa shape index (κ3) is 6.76. The molecule has 9 heteroatoms. The molecule has 5 N–H and O–H groups in total. The minimum absolute atomic E-state index is 0.0445. The largest absolute Gasteiger partial charge is 0.396 e. The summed E-state index contributed by atoms with van der Waals surface area (Å²) < 4.78 is 26.1. The van der Waals surface area contributed by atoms with Gasteiger partial charge in [-0.15, -0.1) is 0 Å². The Labute approximate surface area is 185 Å². The first-order valence-electron chi connectivity index (χ1n) is 10.2. The van der Waals surface area contributed by atoms with Crippen molar-refractivity contribution >= 4 is 11.8 Å². The first kappa shape index (κ1) is 25.3. The molecule has 0 unspecified atom stereocenters. The zero-order valence-electron chi connectivity index (χ0n) is 17.6. The van der Waals surface area contributed by atoms with Gasteiger partial charge in [0.2, 0.25) is 0 Å². The number of hydrogen-bond donors (Lipinski definition) is 5. The Kier molecular flexibility index (Phi) is 9.15. The average molecular weight is 448 g/mol. The summed E-state index contributed by atoms with van der Waals surface area (Å²) in [6.07, 6.45) is 0.448. The third-order valence-electron chi connectivity index (χ3n) is 5.47. The lowest BCUT2D eigenvalue weighted by atomic mass is 9.83. The van der Waals surface area contributed by atoms with E-state index in [1.165, 1.54) is 24.3 Å². The van der Waals surface area contributed by atoms with Gasteiger partial charge in [0.25, 0.3) is 18.2 Å². The molecular formula is C23H26F2N2O5. The molecule has 172 valence electrons. The molecule has 2 atom stereocenters. The summed E-state index contributed by atoms with van der Waals surface area (Å²) in [6, 6.07) is 3.74. The normalized spacial score (nSPS) is 20.6. The Hall–Kier alpha value is -2.98. The fourth-order valence-corrected chi connectivity index (χ4v) is 3.32. The van der Waals surface area contributed by atoms with E-state index in [9.17, 15) is 23.5 Å². The molecule has 7 nitrogen and oxygen atoms in total. The summed E-state index contributed by atoms with van der Waals surface area (Å²) in [4.78, 5) is 24.0. The van der Waals surface area contributed by atoms with Gasteiger partial charge in [0.1, 0.15) is 6.04 Å². The molecule has 2 amide bonds. The molecule has 1 aromatic carbocycles. The Bertz CT molecular complexity index is 918. The highest BCUT2D eigenvalue weighted by molar-refractivity contribution is 5.97. The average Bonchev–Trinajstić information content (AvgIpc) is 2.80. The van der Waals surface area contributed by atoms with E-state index in [-0.39, 0.29) is 18.1 Å². The second-order valence-electron chi connectivity index (χ2n) is 7.91. The maximum atomic E-state index is 13.1. The van der Waals surface area contributed by atoms with E-state index in [1.54, 1.807) is 0 Å². The van der Waals surface area contributed by atoms with Crippen LogP contribution >= 0.6 is 0 Å². The summed E-state index contributed by atoms with van der Waals surface area (Å²) in [5.41, 5.74) is -1.12. The zero-order chi connectivity index (χ0) is 23.7. The van der Waals surface area contributed by atoms with Gasteiger partial charge in [0.15, 0.2) is 5.60 Å². The smallest absolute Gasteiger partial charge is 0.269 e. The van der Waals surface area contributed by atoms with Gasteiger partial charge in [-0.2, -0.15) is 0 Å². The first-order valence-corrected chi connectivity index (χ1v) is 10.2. The first-order chi connectivity index (χ1) is 15.2. The van der Waals surface area contributed by atoms with Gasteiger partial charge < -0.3 is 15.5 Å². The van der Waals surface area contributed by atoms with Crippen molar-refractivity contribution in [1.29, 1.82) is 0 Å². The number of halogens is 2. The molecule has 1 aliphatic rings. The molecule has 1 fully saturated rings. The van der Waals surface area contributed by atoms with Crippen LogP contribution in [0, 0.1) is 35.5 Å². The summed E-state index contributed by atoms with van der Waals surface area (Å²) in [5.74, 6) is 9.90. The van der Waals surface area contributed by atoms with Crippen molar-refractivity contribution in [1.82, 2.24) is 10.8 Å². The van der Waals surface area contributed by atoms with Crippen molar-refractivity contribution in [2.75, 3.05) is 6.61 Å². The van der Waals surface area contributed by atoms with Gasteiger partial charge in [0.05, 0.1) is 0 Å². The summed E-state index contributed by atoms with van der Waals surface area (Å²) >= 11 is 0. The van der Waals surface area contributed by atoms with Crippen LogP contribution in [0.25, 0.3) is 0 Å². The van der Waals surface area contributed by atoms with Crippen LogP contribution in [0.15, 0.2) is 24.3 Å². The van der Waals surface area contributed by atoms with E-state index in [4.69, 9.17) is 10.3 Å². The molecular weight excluding hydrogens is 422 g/mol. The summed E-state index contributed by atoms with van der Waals surface area (Å²) in [5, 5.41) is 29.8. The molecule has 32 heavy (non-hydrogen) atoms. The number of hydrogen-bond acceptors (Lipinski definition) is 5. The summed E-state index contributed by atoms with van der Waals surface area (Å²) in [7, 11) is 0. The minimum atomic E-state index is -3.35. The number of hydroxylamine groups is 1. The predicted octanol–water partition coefficient (Wildman–Crippen LogP) is 1.46. The number of nitrogens with one attached hydrogen (secondary N) is 2. The van der Waals surface area contributed by atoms with Crippen LogP contribution in [0.4, 0.5) is 8.78 Å². The number of aliphatic hydroxyl groups excluding tert-OH is 1. The zero-order valence-corrected chi connectivity index (χ0v) is 17.6. The van der Waals surface area contributed by atoms with Crippen molar-refractivity contribution in [3.05, 3.63) is 35.4 Å². The van der Waals surface area contributed by atoms with Crippen LogP contribution in [0.3, 0.4) is 0 Å². The van der Waals surface area contributed by atoms with Gasteiger partial charge in [-0.1, -0.05) is 11.8 Å². The molecule has 0 radical (unpaired) electrons. The van der Waals surface area contributed by atoms with Gasteiger partial charge in [-0.3, -0.25) is 14.8 Å². The molecule has 1 aliphatic carbocycles. The molecule has 0 saturated heterocycles. The number of aliphatic hydroxyl groups is 2. The van der Waals surface area contributed by atoms with Gasteiger partial charge in [-0.25, -0.2) is 14.3 Å². The quantitative estimate of drug-likeness (QED) is 0.257. The van der Waals surface area contributed by atoms with E-state index in [0.29, 0.717) is 18.4 Å². The molecule has 0 aliphatic heterocycles. The molecule has 0 spiro atoms. The fraction of sp³-hybridized carbons (Fsp3) is 0.478. The van der Waals surface area contributed by atoms with Crippen LogP contribution in [-0.2, 0) is 4.79 Å². The molecule has 0 heterocycles. The van der Waals surface area contributed by atoms with Crippen molar-refractivity contribution in [2.24, 2.45) is 11.8 Å². The van der Waals surface area contributed by atoms with E-state index < -0.39 is 29.9 Å². The number of benzene rings is 1. The van der Waals surface area contributed by atoms with Crippen molar-refractivity contribution in [2.45, 2.75) is 50.7 Å². The topological polar surface area (TPSA) is 119 Å². The Morgan fingerprint density at radius 3 is 2.31 bits per heavy atom. The number of rotatable bonds is 6. The van der Waals surface area contributed by atoms with Gasteiger partial charge in [0, 0.05) is 23.7 Å². The van der Waals surface area contributed by atoms with Gasteiger partial charge in [-0.05, 0) is 74.6 Å². The molecule has 2 rings (SSSR count). The number of carbonyl (C=O) groups is 2. The van der Waals surface area contributed by atoms with E-state index in [0.717, 1.165) is 31.2 Å². The molecule has 0 aromatic heterocycles. The van der Waals surface area contributed by atoms with Crippen LogP contribution < -0.4 is 10.8 Å². The maximum Gasteiger partial charge on any atom is 0.269 e. The lowest BCUT2D eigenvalue weighted by molar-refractivity contribution is -0.149.